The number of rotatable bonds is 5. The van der Waals surface area contributed by atoms with Gasteiger partial charge in [0.15, 0.2) is 0 Å². The van der Waals surface area contributed by atoms with E-state index in [1.165, 1.54) is 0 Å². The molecule has 0 bridgehead atoms. The van der Waals surface area contributed by atoms with Gasteiger partial charge in [-0.1, -0.05) is 30.3 Å². The van der Waals surface area contributed by atoms with Crippen LogP contribution in [0, 0.1) is 19.8 Å². The molecule has 6 heteroatoms. The van der Waals surface area contributed by atoms with Crippen LogP contribution in [0.3, 0.4) is 0 Å². The summed E-state index contributed by atoms with van der Waals surface area (Å²) in [7, 11) is 0. The number of amides is 2. The molecule has 6 nitrogen and oxygen atoms in total. The Morgan fingerprint density at radius 1 is 1.10 bits per heavy atom. The Bertz CT molecular complexity index is 835. The molecule has 2 N–H and O–H groups in total. The lowest BCUT2D eigenvalue weighted by Gasteiger charge is -2.31. The number of carbonyl (C=O) groups is 2. The van der Waals surface area contributed by atoms with Crippen LogP contribution >= 0.6 is 0 Å². The Morgan fingerprint density at radius 3 is 2.34 bits per heavy atom. The quantitative estimate of drug-likeness (QED) is 0.806. The molecular weight excluding hydrogens is 368 g/mol. The molecule has 2 amide bonds. The number of nitrogens with one attached hydrogen (secondary N) is 1. The van der Waals surface area contributed by atoms with Crippen molar-refractivity contribution in [3.8, 4) is 5.75 Å². The average Bonchev–Trinajstić information content (AvgIpc) is 2.74. The van der Waals surface area contributed by atoms with Gasteiger partial charge in [0, 0.05) is 25.2 Å². The summed E-state index contributed by atoms with van der Waals surface area (Å²) in [6.07, 6.45) is 1.37. The number of aromatic hydroxyl groups is 1. The highest BCUT2D eigenvalue weighted by Crippen LogP contribution is 2.23. The number of carbonyl (C=O) groups excluding carboxylic acids is 2. The van der Waals surface area contributed by atoms with Crippen molar-refractivity contribution in [3.05, 3.63) is 64.7 Å². The van der Waals surface area contributed by atoms with Crippen LogP contribution in [0.25, 0.3) is 0 Å². The molecule has 0 saturated carbocycles. The molecule has 1 aliphatic rings. The maximum Gasteiger partial charge on any atom is 0.410 e. The SMILES string of the molecule is Cc1cc(C(=O)NCC2CCN(C(=O)OCc3ccccc3)CC2)cc(C)c1O. The molecule has 2 aromatic carbocycles. The fraction of sp³-hybridized carbons (Fsp3) is 0.391. The number of likely N-dealkylation sites (tertiary alicyclic amines) is 1. The average molecular weight is 396 g/mol. The van der Waals surface area contributed by atoms with Gasteiger partial charge in [0.2, 0.25) is 0 Å². The van der Waals surface area contributed by atoms with Crippen molar-refractivity contribution < 1.29 is 19.4 Å². The number of phenolic OH excluding ortho intramolecular Hbond substituents is 1. The molecule has 1 fully saturated rings. The number of aryl methyl sites for hydroxylation is 2. The van der Waals surface area contributed by atoms with Gasteiger partial charge in [-0.15, -0.1) is 0 Å². The van der Waals surface area contributed by atoms with Gasteiger partial charge in [-0.2, -0.15) is 0 Å². The molecule has 0 unspecified atom stereocenters. The Kier molecular flexibility index (Phi) is 6.75. The van der Waals surface area contributed by atoms with Gasteiger partial charge in [-0.25, -0.2) is 4.79 Å². The van der Waals surface area contributed by atoms with E-state index >= 15 is 0 Å². The van der Waals surface area contributed by atoms with Crippen molar-refractivity contribution in [1.82, 2.24) is 10.2 Å². The van der Waals surface area contributed by atoms with Crippen LogP contribution in [0.1, 0.15) is 39.9 Å². The van der Waals surface area contributed by atoms with E-state index < -0.39 is 0 Å². The lowest BCUT2D eigenvalue weighted by Crippen LogP contribution is -2.41. The van der Waals surface area contributed by atoms with Crippen molar-refractivity contribution in [1.29, 1.82) is 0 Å². The van der Waals surface area contributed by atoms with Gasteiger partial charge in [0.1, 0.15) is 12.4 Å². The molecule has 0 aromatic heterocycles. The zero-order valence-electron chi connectivity index (χ0n) is 17.0. The highest BCUT2D eigenvalue weighted by molar-refractivity contribution is 5.94. The first-order valence-electron chi connectivity index (χ1n) is 9.98. The summed E-state index contributed by atoms with van der Waals surface area (Å²) in [6, 6.07) is 13.0. The van der Waals surface area contributed by atoms with Gasteiger partial charge >= 0.3 is 6.09 Å². The van der Waals surface area contributed by atoms with E-state index in [-0.39, 0.29) is 24.4 Å². The molecule has 154 valence electrons. The third-order valence-electron chi connectivity index (χ3n) is 5.38. The second-order valence-corrected chi connectivity index (χ2v) is 7.64. The van der Waals surface area contributed by atoms with Crippen molar-refractivity contribution in [2.75, 3.05) is 19.6 Å². The maximum absolute atomic E-state index is 12.4. The van der Waals surface area contributed by atoms with Gasteiger partial charge in [-0.3, -0.25) is 4.79 Å². The molecule has 0 radical (unpaired) electrons. The van der Waals surface area contributed by atoms with E-state index in [1.54, 1.807) is 30.9 Å². The van der Waals surface area contributed by atoms with Crippen LogP contribution < -0.4 is 5.32 Å². The summed E-state index contributed by atoms with van der Waals surface area (Å²) in [6.45, 7) is 5.68. The summed E-state index contributed by atoms with van der Waals surface area (Å²) in [5.74, 6) is 0.422. The third-order valence-corrected chi connectivity index (χ3v) is 5.38. The lowest BCUT2D eigenvalue weighted by atomic mass is 9.97. The molecule has 2 aromatic rings. The van der Waals surface area contributed by atoms with E-state index in [4.69, 9.17) is 4.74 Å². The Hall–Kier alpha value is -3.02. The predicted octanol–water partition coefficient (Wildman–Crippen LogP) is 3.79. The Morgan fingerprint density at radius 2 is 1.72 bits per heavy atom. The highest BCUT2D eigenvalue weighted by Gasteiger charge is 2.24. The number of ether oxygens (including phenoxy) is 1. The molecule has 3 rings (SSSR count). The van der Waals surface area contributed by atoms with Crippen LogP contribution in [0.5, 0.6) is 5.75 Å². The zero-order chi connectivity index (χ0) is 20.8. The maximum atomic E-state index is 12.4. The lowest BCUT2D eigenvalue weighted by molar-refractivity contribution is 0.0800. The first-order valence-corrected chi connectivity index (χ1v) is 9.98. The molecule has 0 spiro atoms. The first kappa shape index (κ1) is 20.7. The minimum atomic E-state index is -0.286. The van der Waals surface area contributed by atoms with Gasteiger partial charge < -0.3 is 20.1 Å². The second-order valence-electron chi connectivity index (χ2n) is 7.64. The summed E-state index contributed by atoms with van der Waals surface area (Å²) in [5.41, 5.74) is 2.91. The Balaban J connectivity index is 1.41. The largest absolute Gasteiger partial charge is 0.507 e. The third kappa shape index (κ3) is 5.50. The van der Waals surface area contributed by atoms with Crippen LogP contribution in [0.15, 0.2) is 42.5 Å². The van der Waals surface area contributed by atoms with E-state index in [9.17, 15) is 14.7 Å². The summed E-state index contributed by atoms with van der Waals surface area (Å²) < 4.78 is 5.39. The van der Waals surface area contributed by atoms with Crippen LogP contribution in [-0.4, -0.2) is 41.6 Å². The minimum Gasteiger partial charge on any atom is -0.507 e. The summed E-state index contributed by atoms with van der Waals surface area (Å²) in [5, 5.41) is 12.8. The smallest absolute Gasteiger partial charge is 0.410 e. The molecule has 1 saturated heterocycles. The summed E-state index contributed by atoms with van der Waals surface area (Å²) >= 11 is 0. The summed E-state index contributed by atoms with van der Waals surface area (Å²) in [4.78, 5) is 26.4. The number of nitrogens with zero attached hydrogens (tertiary/aromatic N) is 1. The molecule has 29 heavy (non-hydrogen) atoms. The topological polar surface area (TPSA) is 78.9 Å². The van der Waals surface area contributed by atoms with Crippen molar-refractivity contribution in [2.45, 2.75) is 33.3 Å². The van der Waals surface area contributed by atoms with E-state index in [2.05, 4.69) is 5.32 Å². The van der Waals surface area contributed by atoms with Gasteiger partial charge in [0.25, 0.3) is 5.91 Å². The van der Waals surface area contributed by atoms with Crippen molar-refractivity contribution >= 4 is 12.0 Å². The number of hydrogen-bond acceptors (Lipinski definition) is 4. The normalized spacial score (nSPS) is 14.5. The van der Waals surface area contributed by atoms with E-state index in [1.807, 2.05) is 30.3 Å². The standard InChI is InChI=1S/C23H28N2O4/c1-16-12-20(13-17(2)21(16)26)22(27)24-14-18-8-10-25(11-9-18)23(28)29-15-19-6-4-3-5-7-19/h3-7,12-13,18,26H,8-11,14-15H2,1-2H3,(H,24,27). The molecular formula is C23H28N2O4. The van der Waals surface area contributed by atoms with Crippen LogP contribution in [0.2, 0.25) is 0 Å². The monoisotopic (exact) mass is 396 g/mol. The predicted molar refractivity (Wildman–Crippen MR) is 111 cm³/mol. The minimum absolute atomic E-state index is 0.138. The van der Waals surface area contributed by atoms with Crippen molar-refractivity contribution in [2.24, 2.45) is 5.92 Å². The number of piperidine rings is 1. The number of hydrogen-bond donors (Lipinski definition) is 2. The second kappa shape index (κ2) is 9.45. The Labute approximate surface area is 171 Å². The van der Waals surface area contributed by atoms with E-state index in [0.717, 1.165) is 18.4 Å². The number of benzene rings is 2. The fourth-order valence-corrected chi connectivity index (χ4v) is 3.56. The fourth-order valence-electron chi connectivity index (χ4n) is 3.56. The van der Waals surface area contributed by atoms with Crippen LogP contribution in [0.4, 0.5) is 4.79 Å². The molecule has 1 aliphatic heterocycles. The highest BCUT2D eigenvalue weighted by atomic mass is 16.6. The van der Waals surface area contributed by atoms with Gasteiger partial charge in [0.05, 0.1) is 0 Å². The molecule has 0 atom stereocenters. The van der Waals surface area contributed by atoms with Crippen molar-refractivity contribution in [3.63, 3.8) is 0 Å². The number of phenols is 1. The van der Waals surface area contributed by atoms with Gasteiger partial charge in [-0.05, 0) is 61.4 Å². The first-order chi connectivity index (χ1) is 13.9. The molecule has 1 heterocycles. The molecule has 0 aliphatic carbocycles. The van der Waals surface area contributed by atoms with Crippen LogP contribution in [-0.2, 0) is 11.3 Å². The zero-order valence-corrected chi connectivity index (χ0v) is 17.0. The van der Waals surface area contributed by atoms with E-state index in [0.29, 0.717) is 42.2 Å².